The number of amides is 1. The zero-order valence-electron chi connectivity index (χ0n) is 13.7. The lowest BCUT2D eigenvalue weighted by atomic mass is 10.1. The van der Waals surface area contributed by atoms with Gasteiger partial charge in [-0.3, -0.25) is 4.79 Å². The third kappa shape index (κ3) is 3.48. The van der Waals surface area contributed by atoms with Crippen LogP contribution in [0.3, 0.4) is 0 Å². The van der Waals surface area contributed by atoms with Crippen LogP contribution in [0.4, 0.5) is 5.69 Å². The zero-order chi connectivity index (χ0) is 16.9. The summed E-state index contributed by atoms with van der Waals surface area (Å²) in [6.07, 6.45) is 0.857. The monoisotopic (exact) mass is 321 g/mol. The molecule has 0 bridgehead atoms. The summed E-state index contributed by atoms with van der Waals surface area (Å²) in [6.45, 7) is 4.07. The van der Waals surface area contributed by atoms with Crippen LogP contribution >= 0.6 is 0 Å². The summed E-state index contributed by atoms with van der Waals surface area (Å²) in [7, 11) is 0. The van der Waals surface area contributed by atoms with Gasteiger partial charge in [0.05, 0.1) is 0 Å². The Morgan fingerprint density at radius 2 is 1.88 bits per heavy atom. The highest BCUT2D eigenvalue weighted by Crippen LogP contribution is 2.18. The van der Waals surface area contributed by atoms with Crippen LogP contribution in [-0.4, -0.2) is 26.1 Å². The molecule has 122 valence electrons. The van der Waals surface area contributed by atoms with Gasteiger partial charge in [0.1, 0.15) is 6.54 Å². The van der Waals surface area contributed by atoms with E-state index in [9.17, 15) is 4.79 Å². The Kier molecular flexibility index (Phi) is 4.65. The number of nitrogens with zero attached hydrogens (tertiary/aromatic N) is 4. The van der Waals surface area contributed by atoms with Crippen LogP contribution in [-0.2, 0) is 17.8 Å². The van der Waals surface area contributed by atoms with E-state index in [0.717, 1.165) is 28.8 Å². The van der Waals surface area contributed by atoms with E-state index in [4.69, 9.17) is 0 Å². The molecule has 0 aliphatic heterocycles. The molecule has 0 aliphatic carbocycles. The van der Waals surface area contributed by atoms with Gasteiger partial charge in [0, 0.05) is 11.3 Å². The number of hydrogen-bond acceptors (Lipinski definition) is 4. The second kappa shape index (κ2) is 7.04. The first-order valence-corrected chi connectivity index (χ1v) is 7.89. The van der Waals surface area contributed by atoms with Crippen LogP contribution in [0.25, 0.3) is 11.4 Å². The Morgan fingerprint density at radius 1 is 1.12 bits per heavy atom. The largest absolute Gasteiger partial charge is 0.324 e. The minimum atomic E-state index is -0.176. The predicted octanol–water partition coefficient (Wildman–Crippen LogP) is 2.85. The molecule has 1 heterocycles. The van der Waals surface area contributed by atoms with Gasteiger partial charge in [0.15, 0.2) is 0 Å². The number of benzene rings is 2. The van der Waals surface area contributed by atoms with Crippen LogP contribution < -0.4 is 5.32 Å². The lowest BCUT2D eigenvalue weighted by molar-refractivity contribution is -0.117. The predicted molar refractivity (Wildman–Crippen MR) is 92.4 cm³/mol. The first-order valence-electron chi connectivity index (χ1n) is 7.89. The Balaban J connectivity index is 1.71. The summed E-state index contributed by atoms with van der Waals surface area (Å²) >= 11 is 0. The zero-order valence-corrected chi connectivity index (χ0v) is 13.7. The van der Waals surface area contributed by atoms with Gasteiger partial charge in [0.25, 0.3) is 0 Å². The fourth-order valence-corrected chi connectivity index (χ4v) is 2.51. The number of aryl methyl sites for hydroxylation is 2. The first-order chi connectivity index (χ1) is 11.7. The number of aromatic nitrogens is 4. The summed E-state index contributed by atoms with van der Waals surface area (Å²) in [5, 5.41) is 15.2. The van der Waals surface area contributed by atoms with Crippen molar-refractivity contribution in [2.75, 3.05) is 5.32 Å². The van der Waals surface area contributed by atoms with Crippen molar-refractivity contribution < 1.29 is 4.79 Å². The summed E-state index contributed by atoms with van der Waals surface area (Å²) in [5.41, 5.74) is 3.90. The van der Waals surface area contributed by atoms with Gasteiger partial charge in [-0.2, -0.15) is 4.80 Å². The van der Waals surface area contributed by atoms with Gasteiger partial charge >= 0.3 is 0 Å². The molecule has 0 aliphatic rings. The van der Waals surface area contributed by atoms with Crippen molar-refractivity contribution >= 4 is 11.6 Å². The van der Waals surface area contributed by atoms with Gasteiger partial charge < -0.3 is 5.32 Å². The van der Waals surface area contributed by atoms with Crippen molar-refractivity contribution in [2.45, 2.75) is 26.8 Å². The normalized spacial score (nSPS) is 10.6. The highest BCUT2D eigenvalue weighted by atomic mass is 16.2. The number of carbonyl (C=O) groups excluding carboxylic acids is 1. The number of hydrogen-bond donors (Lipinski definition) is 1. The molecule has 6 nitrogen and oxygen atoms in total. The van der Waals surface area contributed by atoms with Crippen molar-refractivity contribution in [3.8, 4) is 11.4 Å². The number of rotatable bonds is 5. The van der Waals surface area contributed by atoms with Crippen LogP contribution in [0.15, 0.2) is 48.5 Å². The number of carbonyl (C=O) groups is 1. The number of para-hydroxylation sites is 1. The molecular formula is C18H19N5O. The molecule has 6 heteroatoms. The molecule has 0 atom stereocenters. The van der Waals surface area contributed by atoms with E-state index in [1.54, 1.807) is 0 Å². The molecule has 0 saturated carbocycles. The fourth-order valence-electron chi connectivity index (χ4n) is 2.51. The second-order valence-electron chi connectivity index (χ2n) is 5.52. The molecule has 0 unspecified atom stereocenters. The van der Waals surface area contributed by atoms with E-state index in [1.807, 2.05) is 55.5 Å². The van der Waals surface area contributed by atoms with Crippen molar-refractivity contribution in [1.29, 1.82) is 0 Å². The first kappa shape index (κ1) is 15.9. The van der Waals surface area contributed by atoms with Crippen molar-refractivity contribution in [3.63, 3.8) is 0 Å². The molecule has 1 amide bonds. The Bertz CT molecular complexity index is 856. The summed E-state index contributed by atoms with van der Waals surface area (Å²) in [4.78, 5) is 13.5. The molecule has 0 spiro atoms. The minimum absolute atomic E-state index is 0.0247. The molecule has 2 aromatic carbocycles. The topological polar surface area (TPSA) is 72.7 Å². The minimum Gasteiger partial charge on any atom is -0.324 e. The van der Waals surface area contributed by atoms with Crippen LogP contribution in [0, 0.1) is 6.92 Å². The van der Waals surface area contributed by atoms with Crippen molar-refractivity contribution in [2.24, 2.45) is 0 Å². The van der Waals surface area contributed by atoms with Gasteiger partial charge in [-0.25, -0.2) is 0 Å². The highest BCUT2D eigenvalue weighted by molar-refractivity contribution is 5.91. The summed E-state index contributed by atoms with van der Waals surface area (Å²) in [6, 6.07) is 15.6. The smallest absolute Gasteiger partial charge is 0.248 e. The fraction of sp³-hybridized carbons (Fsp3) is 0.222. The van der Waals surface area contributed by atoms with Gasteiger partial charge in [-0.15, -0.1) is 10.2 Å². The molecule has 24 heavy (non-hydrogen) atoms. The lowest BCUT2D eigenvalue weighted by Crippen LogP contribution is -2.21. The second-order valence-corrected chi connectivity index (χ2v) is 5.52. The van der Waals surface area contributed by atoms with E-state index in [2.05, 4.69) is 27.7 Å². The number of nitrogens with one attached hydrogen (secondary N) is 1. The SMILES string of the molecule is CCc1ccccc1NC(=O)Cn1nnc(-c2ccccc2C)n1. The summed E-state index contributed by atoms with van der Waals surface area (Å²) < 4.78 is 0. The molecule has 0 radical (unpaired) electrons. The molecule has 1 aromatic heterocycles. The van der Waals surface area contributed by atoms with Crippen LogP contribution in [0.2, 0.25) is 0 Å². The van der Waals surface area contributed by atoms with E-state index >= 15 is 0 Å². The van der Waals surface area contributed by atoms with Gasteiger partial charge in [-0.1, -0.05) is 49.4 Å². The molecule has 0 saturated heterocycles. The van der Waals surface area contributed by atoms with Gasteiger partial charge in [-0.05, 0) is 35.8 Å². The van der Waals surface area contributed by atoms with Crippen molar-refractivity contribution in [3.05, 3.63) is 59.7 Å². The van der Waals surface area contributed by atoms with Crippen LogP contribution in [0.5, 0.6) is 0 Å². The van der Waals surface area contributed by atoms with Crippen LogP contribution in [0.1, 0.15) is 18.1 Å². The standard InChI is InChI=1S/C18H19N5O/c1-3-14-9-5-7-11-16(14)19-17(24)12-23-21-18(20-22-23)15-10-6-4-8-13(15)2/h4-11H,3,12H2,1-2H3,(H,19,24). The van der Waals surface area contributed by atoms with Crippen molar-refractivity contribution in [1.82, 2.24) is 20.2 Å². The van der Waals surface area contributed by atoms with E-state index in [-0.39, 0.29) is 12.5 Å². The van der Waals surface area contributed by atoms with E-state index in [0.29, 0.717) is 5.82 Å². The average molecular weight is 321 g/mol. The molecule has 1 N–H and O–H groups in total. The Labute approximate surface area is 140 Å². The maximum absolute atomic E-state index is 12.2. The number of tetrazole rings is 1. The molecule has 3 aromatic rings. The third-order valence-corrected chi connectivity index (χ3v) is 3.80. The lowest BCUT2D eigenvalue weighted by Gasteiger charge is -2.08. The molecule has 3 rings (SSSR count). The quantitative estimate of drug-likeness (QED) is 0.784. The Morgan fingerprint density at radius 3 is 2.67 bits per heavy atom. The molecular weight excluding hydrogens is 302 g/mol. The maximum Gasteiger partial charge on any atom is 0.248 e. The van der Waals surface area contributed by atoms with Gasteiger partial charge in [0.2, 0.25) is 11.7 Å². The van der Waals surface area contributed by atoms with E-state index < -0.39 is 0 Å². The maximum atomic E-state index is 12.2. The third-order valence-electron chi connectivity index (χ3n) is 3.80. The Hall–Kier alpha value is -3.02. The average Bonchev–Trinajstić information content (AvgIpc) is 3.04. The van der Waals surface area contributed by atoms with E-state index in [1.165, 1.54) is 4.80 Å². The number of anilines is 1. The summed E-state index contributed by atoms with van der Waals surface area (Å²) in [5.74, 6) is 0.347. The molecule has 0 fully saturated rings. The highest BCUT2D eigenvalue weighted by Gasteiger charge is 2.11.